The van der Waals surface area contributed by atoms with Crippen LogP contribution in [0.2, 0.25) is 0 Å². The maximum Gasteiger partial charge on any atom is 0.186 e. The minimum Gasteiger partial charge on any atom is -0.348 e. The summed E-state index contributed by atoms with van der Waals surface area (Å²) in [5.74, 6) is 0.784. The summed E-state index contributed by atoms with van der Waals surface area (Å²) in [5, 5.41) is 1.03. The fourth-order valence-electron chi connectivity index (χ4n) is 2.41. The van der Waals surface area contributed by atoms with E-state index in [0.29, 0.717) is 0 Å². The van der Waals surface area contributed by atoms with Gasteiger partial charge in [-0.05, 0) is 12.3 Å². The fraction of sp³-hybridized carbons (Fsp3) is 0.714. The average molecular weight is 266 g/mol. The molecule has 1 aromatic heterocycles. The van der Waals surface area contributed by atoms with Crippen molar-refractivity contribution in [3.8, 4) is 0 Å². The standard InChI is InChI=1S/C14H22N2OS/c1-5-10-6-7-16(8-10)13-15-12(14(2,3)4)11(9-17)18-13/h9-10H,5-8H2,1-4H3. The molecule has 4 heteroatoms. The fourth-order valence-corrected chi connectivity index (χ4v) is 3.54. The van der Waals surface area contributed by atoms with E-state index in [1.54, 1.807) is 11.3 Å². The van der Waals surface area contributed by atoms with Gasteiger partial charge in [0.1, 0.15) is 0 Å². The monoisotopic (exact) mass is 266 g/mol. The van der Waals surface area contributed by atoms with Gasteiger partial charge in [-0.2, -0.15) is 0 Å². The zero-order valence-corrected chi connectivity index (χ0v) is 12.5. The van der Waals surface area contributed by atoms with Gasteiger partial charge in [-0.3, -0.25) is 4.79 Å². The maximum atomic E-state index is 11.2. The van der Waals surface area contributed by atoms with Crippen molar-refractivity contribution in [2.24, 2.45) is 5.92 Å². The molecule has 0 spiro atoms. The third-order valence-electron chi connectivity index (χ3n) is 3.59. The number of hydrogen-bond donors (Lipinski definition) is 0. The van der Waals surface area contributed by atoms with Gasteiger partial charge in [-0.15, -0.1) is 0 Å². The molecule has 0 radical (unpaired) electrons. The summed E-state index contributed by atoms with van der Waals surface area (Å²) in [6.07, 6.45) is 3.43. The summed E-state index contributed by atoms with van der Waals surface area (Å²) in [6.45, 7) is 10.7. The topological polar surface area (TPSA) is 33.2 Å². The Balaban J connectivity index is 2.25. The lowest BCUT2D eigenvalue weighted by Crippen LogP contribution is -2.20. The first-order valence-electron chi connectivity index (χ1n) is 6.67. The molecule has 100 valence electrons. The smallest absolute Gasteiger partial charge is 0.186 e. The van der Waals surface area contributed by atoms with Crippen LogP contribution in [-0.4, -0.2) is 24.4 Å². The molecule has 0 saturated carbocycles. The Hall–Kier alpha value is -0.900. The summed E-state index contributed by atoms with van der Waals surface area (Å²) in [7, 11) is 0. The van der Waals surface area contributed by atoms with E-state index in [-0.39, 0.29) is 5.41 Å². The van der Waals surface area contributed by atoms with Crippen molar-refractivity contribution in [1.29, 1.82) is 0 Å². The zero-order chi connectivity index (χ0) is 13.3. The summed E-state index contributed by atoms with van der Waals surface area (Å²) in [5.41, 5.74) is 0.881. The summed E-state index contributed by atoms with van der Waals surface area (Å²) >= 11 is 1.54. The van der Waals surface area contributed by atoms with Gasteiger partial charge in [-0.1, -0.05) is 45.5 Å². The third kappa shape index (κ3) is 2.58. The summed E-state index contributed by atoms with van der Waals surface area (Å²) < 4.78 is 0. The van der Waals surface area contributed by atoms with E-state index in [4.69, 9.17) is 4.98 Å². The van der Waals surface area contributed by atoms with Crippen LogP contribution in [0.15, 0.2) is 0 Å². The van der Waals surface area contributed by atoms with Gasteiger partial charge in [0.05, 0.1) is 10.6 Å². The summed E-state index contributed by atoms with van der Waals surface area (Å²) in [4.78, 5) is 19.0. The van der Waals surface area contributed by atoms with Gasteiger partial charge in [0, 0.05) is 18.5 Å². The van der Waals surface area contributed by atoms with E-state index in [0.717, 1.165) is 41.0 Å². The summed E-state index contributed by atoms with van der Waals surface area (Å²) in [6, 6.07) is 0. The van der Waals surface area contributed by atoms with Crippen LogP contribution in [0.25, 0.3) is 0 Å². The number of aromatic nitrogens is 1. The lowest BCUT2D eigenvalue weighted by atomic mass is 9.91. The highest BCUT2D eigenvalue weighted by molar-refractivity contribution is 7.17. The number of nitrogens with zero attached hydrogens (tertiary/aromatic N) is 2. The molecule has 1 aromatic rings. The van der Waals surface area contributed by atoms with Gasteiger partial charge in [0.15, 0.2) is 11.4 Å². The Bertz CT molecular complexity index is 433. The van der Waals surface area contributed by atoms with Gasteiger partial charge in [-0.25, -0.2) is 4.98 Å². The van der Waals surface area contributed by atoms with Crippen LogP contribution in [0.5, 0.6) is 0 Å². The second-order valence-corrected chi connectivity index (χ2v) is 7.10. The van der Waals surface area contributed by atoms with Crippen LogP contribution in [0.3, 0.4) is 0 Å². The lowest BCUT2D eigenvalue weighted by molar-refractivity contribution is 0.112. The van der Waals surface area contributed by atoms with Crippen LogP contribution in [0.1, 0.15) is 55.9 Å². The number of carbonyl (C=O) groups excluding carboxylic acids is 1. The van der Waals surface area contributed by atoms with E-state index >= 15 is 0 Å². The Kier molecular flexibility index (Phi) is 3.76. The molecule has 0 N–H and O–H groups in total. The highest BCUT2D eigenvalue weighted by Gasteiger charge is 2.28. The molecule has 1 aliphatic rings. The van der Waals surface area contributed by atoms with E-state index in [1.807, 2.05) is 0 Å². The molecule has 3 nitrogen and oxygen atoms in total. The molecule has 1 fully saturated rings. The normalized spacial score (nSPS) is 20.4. The van der Waals surface area contributed by atoms with Crippen LogP contribution in [-0.2, 0) is 5.41 Å². The van der Waals surface area contributed by atoms with Gasteiger partial charge in [0.2, 0.25) is 0 Å². The largest absolute Gasteiger partial charge is 0.348 e. The van der Waals surface area contributed by atoms with E-state index in [2.05, 4.69) is 32.6 Å². The van der Waals surface area contributed by atoms with Gasteiger partial charge < -0.3 is 4.90 Å². The Morgan fingerprint density at radius 3 is 2.67 bits per heavy atom. The van der Waals surface area contributed by atoms with Crippen molar-refractivity contribution in [3.63, 3.8) is 0 Å². The van der Waals surface area contributed by atoms with Crippen molar-refractivity contribution in [2.45, 2.75) is 46.0 Å². The predicted molar refractivity (Wildman–Crippen MR) is 76.8 cm³/mol. The molecule has 0 aliphatic carbocycles. The molecular weight excluding hydrogens is 244 g/mol. The molecule has 2 rings (SSSR count). The predicted octanol–water partition coefficient (Wildman–Crippen LogP) is 3.49. The average Bonchev–Trinajstić information content (AvgIpc) is 2.94. The molecule has 1 saturated heterocycles. The molecular formula is C14H22N2OS. The lowest BCUT2D eigenvalue weighted by Gasteiger charge is -2.17. The molecule has 2 heterocycles. The quantitative estimate of drug-likeness (QED) is 0.785. The van der Waals surface area contributed by atoms with Crippen LogP contribution >= 0.6 is 11.3 Å². The van der Waals surface area contributed by atoms with Crippen molar-refractivity contribution < 1.29 is 4.79 Å². The number of rotatable bonds is 3. The molecule has 18 heavy (non-hydrogen) atoms. The van der Waals surface area contributed by atoms with Crippen molar-refractivity contribution >= 4 is 22.8 Å². The zero-order valence-electron chi connectivity index (χ0n) is 11.7. The molecule has 1 unspecified atom stereocenters. The van der Waals surface area contributed by atoms with Crippen LogP contribution in [0.4, 0.5) is 5.13 Å². The number of anilines is 1. The molecule has 1 aliphatic heterocycles. The Morgan fingerprint density at radius 1 is 1.50 bits per heavy atom. The van der Waals surface area contributed by atoms with E-state index < -0.39 is 0 Å². The minimum absolute atomic E-state index is 0.0606. The van der Waals surface area contributed by atoms with Crippen molar-refractivity contribution in [3.05, 3.63) is 10.6 Å². The third-order valence-corrected chi connectivity index (χ3v) is 4.63. The molecule has 0 bridgehead atoms. The van der Waals surface area contributed by atoms with Crippen molar-refractivity contribution in [2.75, 3.05) is 18.0 Å². The van der Waals surface area contributed by atoms with Gasteiger partial charge >= 0.3 is 0 Å². The number of thiazole rings is 1. The van der Waals surface area contributed by atoms with E-state index in [9.17, 15) is 4.79 Å². The highest BCUT2D eigenvalue weighted by atomic mass is 32.1. The maximum absolute atomic E-state index is 11.2. The van der Waals surface area contributed by atoms with Gasteiger partial charge in [0.25, 0.3) is 0 Å². The van der Waals surface area contributed by atoms with Crippen LogP contribution < -0.4 is 4.90 Å². The number of hydrogen-bond acceptors (Lipinski definition) is 4. The number of carbonyl (C=O) groups is 1. The molecule has 1 atom stereocenters. The highest BCUT2D eigenvalue weighted by Crippen LogP contribution is 2.35. The van der Waals surface area contributed by atoms with Crippen molar-refractivity contribution in [1.82, 2.24) is 4.98 Å². The van der Waals surface area contributed by atoms with Crippen LogP contribution in [0, 0.1) is 5.92 Å². The first-order chi connectivity index (χ1) is 8.45. The number of aldehydes is 1. The Morgan fingerprint density at radius 2 is 2.22 bits per heavy atom. The SMILES string of the molecule is CCC1CCN(c2nc(C(C)(C)C)c(C=O)s2)C1. The first-order valence-corrected chi connectivity index (χ1v) is 7.48. The second kappa shape index (κ2) is 5.00. The first kappa shape index (κ1) is 13.5. The minimum atomic E-state index is -0.0606. The van der Waals surface area contributed by atoms with E-state index in [1.165, 1.54) is 12.8 Å². The molecule has 0 amide bonds. The molecule has 0 aromatic carbocycles. The second-order valence-electron chi connectivity index (χ2n) is 6.09. The Labute approximate surface area is 113 Å².